The molecule has 3 aromatic heterocycles. The van der Waals surface area contributed by atoms with E-state index in [1.54, 1.807) is 30.6 Å². The highest BCUT2D eigenvalue weighted by Crippen LogP contribution is 2.29. The number of carbonyl (C=O) groups excluding carboxylic acids is 1. The summed E-state index contributed by atoms with van der Waals surface area (Å²) < 4.78 is 5.53. The molecule has 0 atom stereocenters. The Kier molecular flexibility index (Phi) is 7.47. The first-order valence-corrected chi connectivity index (χ1v) is 11.5. The molecule has 0 saturated heterocycles. The van der Waals surface area contributed by atoms with Crippen molar-refractivity contribution in [1.29, 1.82) is 0 Å². The summed E-state index contributed by atoms with van der Waals surface area (Å²) in [5.74, 6) is 0.536. The van der Waals surface area contributed by atoms with E-state index in [2.05, 4.69) is 31.9 Å². The van der Waals surface area contributed by atoms with Crippen LogP contribution < -0.4 is 5.73 Å². The molecule has 9 heteroatoms. The van der Waals surface area contributed by atoms with E-state index in [1.165, 1.54) is 0 Å². The van der Waals surface area contributed by atoms with Gasteiger partial charge in [0, 0.05) is 43.0 Å². The Labute approximate surface area is 204 Å². The van der Waals surface area contributed by atoms with Crippen LogP contribution in [0.15, 0.2) is 65.4 Å². The van der Waals surface area contributed by atoms with Gasteiger partial charge in [-0.15, -0.1) is 0 Å². The lowest BCUT2D eigenvalue weighted by molar-refractivity contribution is 0.0739. The molecular formula is C26H29N7O2. The van der Waals surface area contributed by atoms with Crippen LogP contribution in [0.5, 0.6) is 0 Å². The van der Waals surface area contributed by atoms with Crippen LogP contribution >= 0.6 is 0 Å². The Hall–Kier alpha value is -4.11. The molecule has 1 amide bonds. The molecule has 4 aromatic rings. The Morgan fingerprint density at radius 1 is 0.971 bits per heavy atom. The zero-order chi connectivity index (χ0) is 24.8. The van der Waals surface area contributed by atoms with Gasteiger partial charge in [0.25, 0.3) is 5.91 Å². The topological polar surface area (TPSA) is 114 Å². The van der Waals surface area contributed by atoms with Crippen molar-refractivity contribution in [3.63, 3.8) is 0 Å². The quantitative estimate of drug-likeness (QED) is 0.391. The van der Waals surface area contributed by atoms with Gasteiger partial charge < -0.3 is 20.1 Å². The van der Waals surface area contributed by atoms with Gasteiger partial charge in [0.1, 0.15) is 11.4 Å². The van der Waals surface area contributed by atoms with Crippen molar-refractivity contribution in [3.05, 3.63) is 66.6 Å². The Morgan fingerprint density at radius 3 is 2.51 bits per heavy atom. The van der Waals surface area contributed by atoms with E-state index in [-0.39, 0.29) is 11.7 Å². The Morgan fingerprint density at radius 2 is 1.77 bits per heavy atom. The maximum Gasteiger partial charge on any atom is 0.272 e. The van der Waals surface area contributed by atoms with Gasteiger partial charge in [0.05, 0.1) is 11.9 Å². The molecule has 0 aliphatic rings. The minimum absolute atomic E-state index is 0.109. The molecule has 0 radical (unpaired) electrons. The van der Waals surface area contributed by atoms with Crippen LogP contribution in [0.2, 0.25) is 0 Å². The van der Waals surface area contributed by atoms with E-state index >= 15 is 0 Å². The SMILES string of the molecule is CCCN(CCN(C)C)C(=O)c1cc(-c2cnc(N)c(-c3cc(-c4ccccc4)no3)n2)ccn1. The fourth-order valence-electron chi connectivity index (χ4n) is 3.62. The van der Waals surface area contributed by atoms with Crippen molar-refractivity contribution >= 4 is 11.7 Å². The second kappa shape index (κ2) is 10.9. The van der Waals surface area contributed by atoms with Gasteiger partial charge in [0.15, 0.2) is 17.3 Å². The summed E-state index contributed by atoms with van der Waals surface area (Å²) in [6.07, 6.45) is 4.05. The van der Waals surface area contributed by atoms with Crippen molar-refractivity contribution in [2.45, 2.75) is 13.3 Å². The molecule has 3 heterocycles. The van der Waals surface area contributed by atoms with Gasteiger partial charge in [-0.1, -0.05) is 42.4 Å². The highest BCUT2D eigenvalue weighted by molar-refractivity contribution is 5.93. The molecule has 0 bridgehead atoms. The largest absolute Gasteiger partial charge is 0.382 e. The van der Waals surface area contributed by atoms with Crippen molar-refractivity contribution < 1.29 is 9.32 Å². The lowest BCUT2D eigenvalue weighted by atomic mass is 10.1. The van der Waals surface area contributed by atoms with Gasteiger partial charge >= 0.3 is 0 Å². The van der Waals surface area contributed by atoms with Crippen LogP contribution in [0, 0.1) is 0 Å². The molecule has 0 saturated carbocycles. The smallest absolute Gasteiger partial charge is 0.272 e. The van der Waals surface area contributed by atoms with Crippen LogP contribution in [0.25, 0.3) is 34.0 Å². The maximum atomic E-state index is 13.2. The van der Waals surface area contributed by atoms with E-state index < -0.39 is 0 Å². The molecule has 35 heavy (non-hydrogen) atoms. The number of pyridine rings is 1. The Balaban J connectivity index is 1.62. The van der Waals surface area contributed by atoms with Crippen molar-refractivity contribution in [3.8, 4) is 34.0 Å². The van der Waals surface area contributed by atoms with E-state index in [1.807, 2.05) is 49.3 Å². The fraction of sp³-hybridized carbons (Fsp3) is 0.269. The van der Waals surface area contributed by atoms with Crippen molar-refractivity contribution in [1.82, 2.24) is 29.9 Å². The van der Waals surface area contributed by atoms with Gasteiger partial charge in [-0.05, 0) is 32.6 Å². The van der Waals surface area contributed by atoms with E-state index in [9.17, 15) is 4.79 Å². The number of amides is 1. The van der Waals surface area contributed by atoms with Crippen molar-refractivity contribution in [2.75, 3.05) is 39.5 Å². The van der Waals surface area contributed by atoms with Crippen LogP contribution in [0.3, 0.4) is 0 Å². The molecule has 180 valence electrons. The number of nitrogen functional groups attached to an aromatic ring is 1. The second-order valence-corrected chi connectivity index (χ2v) is 8.46. The predicted molar refractivity (Wildman–Crippen MR) is 135 cm³/mol. The van der Waals surface area contributed by atoms with Gasteiger partial charge in [-0.2, -0.15) is 0 Å². The molecule has 0 spiro atoms. The third-order valence-electron chi connectivity index (χ3n) is 5.49. The molecule has 0 aliphatic heterocycles. The third kappa shape index (κ3) is 5.70. The molecule has 4 rings (SSSR count). The number of likely N-dealkylation sites (N-methyl/N-ethyl adjacent to an activating group) is 1. The standard InChI is InChI=1S/C26H29N7O2/c1-4-12-33(14-13-32(2)3)26(34)21-15-19(10-11-28-21)22-17-29-25(27)24(30-22)23-16-20(31-35-23)18-8-6-5-7-9-18/h5-11,15-17H,4,12-14H2,1-3H3,(H2,27,29). The molecule has 0 aliphatic carbocycles. The zero-order valence-electron chi connectivity index (χ0n) is 20.2. The number of benzene rings is 1. The van der Waals surface area contributed by atoms with E-state index in [4.69, 9.17) is 10.3 Å². The van der Waals surface area contributed by atoms with Gasteiger partial charge in [-0.25, -0.2) is 9.97 Å². The molecule has 2 N–H and O–H groups in total. The first-order chi connectivity index (χ1) is 17.0. The number of aromatic nitrogens is 4. The molecular weight excluding hydrogens is 442 g/mol. The summed E-state index contributed by atoms with van der Waals surface area (Å²) in [5, 5.41) is 4.15. The number of nitrogens with zero attached hydrogens (tertiary/aromatic N) is 6. The van der Waals surface area contributed by atoms with E-state index in [0.717, 1.165) is 18.5 Å². The summed E-state index contributed by atoms with van der Waals surface area (Å²) >= 11 is 0. The average molecular weight is 472 g/mol. The first kappa shape index (κ1) is 24.0. The fourth-order valence-corrected chi connectivity index (χ4v) is 3.62. The van der Waals surface area contributed by atoms with Crippen LogP contribution in [-0.4, -0.2) is 69.5 Å². The number of rotatable bonds is 9. The number of hydrogen-bond donors (Lipinski definition) is 1. The predicted octanol–water partition coefficient (Wildman–Crippen LogP) is 3.86. The summed E-state index contributed by atoms with van der Waals surface area (Å²) in [6, 6.07) is 15.0. The Bertz CT molecular complexity index is 1290. The van der Waals surface area contributed by atoms with Crippen LogP contribution in [0.1, 0.15) is 23.8 Å². The molecule has 0 fully saturated rings. The van der Waals surface area contributed by atoms with E-state index in [0.29, 0.717) is 47.2 Å². The highest BCUT2D eigenvalue weighted by Gasteiger charge is 2.19. The number of anilines is 1. The zero-order valence-corrected chi connectivity index (χ0v) is 20.2. The minimum atomic E-state index is -0.109. The number of nitrogens with two attached hydrogens (primary N) is 1. The summed E-state index contributed by atoms with van der Waals surface area (Å²) in [4.78, 5) is 30.4. The summed E-state index contributed by atoms with van der Waals surface area (Å²) in [7, 11) is 3.98. The number of hydrogen-bond acceptors (Lipinski definition) is 8. The number of carbonyl (C=O) groups is 1. The summed E-state index contributed by atoms with van der Waals surface area (Å²) in [5.41, 5.74) is 9.74. The maximum absolute atomic E-state index is 13.2. The lowest BCUT2D eigenvalue weighted by Crippen LogP contribution is -2.37. The summed E-state index contributed by atoms with van der Waals surface area (Å²) in [6.45, 7) is 4.13. The minimum Gasteiger partial charge on any atom is -0.382 e. The molecule has 1 aromatic carbocycles. The lowest BCUT2D eigenvalue weighted by Gasteiger charge is -2.23. The van der Waals surface area contributed by atoms with Crippen molar-refractivity contribution in [2.24, 2.45) is 0 Å². The third-order valence-corrected chi connectivity index (χ3v) is 5.49. The molecule has 9 nitrogen and oxygen atoms in total. The monoisotopic (exact) mass is 471 g/mol. The van der Waals surface area contributed by atoms with Gasteiger partial charge in [0.2, 0.25) is 0 Å². The van der Waals surface area contributed by atoms with Crippen LogP contribution in [0.4, 0.5) is 5.82 Å². The normalized spacial score (nSPS) is 11.1. The average Bonchev–Trinajstić information content (AvgIpc) is 3.37. The first-order valence-electron chi connectivity index (χ1n) is 11.5. The molecule has 0 unspecified atom stereocenters. The highest BCUT2D eigenvalue weighted by atomic mass is 16.5. The second-order valence-electron chi connectivity index (χ2n) is 8.46. The van der Waals surface area contributed by atoms with Gasteiger partial charge in [-0.3, -0.25) is 9.78 Å². The van der Waals surface area contributed by atoms with Crippen LogP contribution in [-0.2, 0) is 0 Å².